The van der Waals surface area contributed by atoms with Gasteiger partial charge in [0.2, 0.25) is 0 Å². The molecule has 166 valence electrons. The Morgan fingerprint density at radius 2 is 1.66 bits per heavy atom. The van der Waals surface area contributed by atoms with Crippen LogP contribution in [0.3, 0.4) is 0 Å². The Labute approximate surface area is 194 Å². The van der Waals surface area contributed by atoms with Crippen molar-refractivity contribution < 1.29 is 9.59 Å². The Morgan fingerprint density at radius 1 is 0.969 bits per heavy atom. The van der Waals surface area contributed by atoms with E-state index in [4.69, 9.17) is 11.6 Å². The molecule has 0 saturated carbocycles. The molecule has 1 aliphatic rings. The van der Waals surface area contributed by atoms with Crippen LogP contribution < -0.4 is 5.32 Å². The fourth-order valence-corrected chi connectivity index (χ4v) is 4.56. The molecule has 6 heteroatoms. The Hall–Kier alpha value is -3.05. The van der Waals surface area contributed by atoms with Gasteiger partial charge in [0.25, 0.3) is 11.8 Å². The number of piperidine rings is 1. The third-order valence-electron chi connectivity index (χ3n) is 6.16. The molecule has 2 amide bonds. The summed E-state index contributed by atoms with van der Waals surface area (Å²) in [5.41, 5.74) is 5.32. The molecule has 1 N–H and O–H groups in total. The summed E-state index contributed by atoms with van der Waals surface area (Å²) >= 11 is 6.16. The lowest BCUT2D eigenvalue weighted by Crippen LogP contribution is -2.46. The van der Waals surface area contributed by atoms with Gasteiger partial charge in [0.1, 0.15) is 0 Å². The monoisotopic (exact) mass is 449 g/mol. The summed E-state index contributed by atoms with van der Waals surface area (Å²) in [6.45, 7) is 7.22. The number of hydrogen-bond donors (Lipinski definition) is 1. The number of likely N-dealkylation sites (tertiary alicyclic amines) is 1. The van der Waals surface area contributed by atoms with Crippen molar-refractivity contribution >= 4 is 23.4 Å². The zero-order chi connectivity index (χ0) is 22.8. The normalized spacial score (nSPS) is 14.4. The molecular weight excluding hydrogens is 422 g/mol. The number of amides is 2. The standard InChI is InChI=1S/C26H28ClN3O2/c1-17-7-9-20(10-8-17)26(32)29-13-11-22(12-14-29)28-25(31)24-15-18(2)30(19(24)3)23-6-4-5-21(27)16-23/h4-10,15-16,22H,11-14H2,1-3H3,(H,28,31). The summed E-state index contributed by atoms with van der Waals surface area (Å²) in [6.07, 6.45) is 1.49. The summed E-state index contributed by atoms with van der Waals surface area (Å²) in [4.78, 5) is 27.6. The van der Waals surface area contributed by atoms with Crippen molar-refractivity contribution in [3.63, 3.8) is 0 Å². The maximum atomic E-state index is 13.0. The van der Waals surface area contributed by atoms with E-state index in [2.05, 4.69) is 5.32 Å². The quantitative estimate of drug-likeness (QED) is 0.603. The maximum absolute atomic E-state index is 13.0. The molecule has 2 heterocycles. The molecule has 32 heavy (non-hydrogen) atoms. The number of benzene rings is 2. The molecule has 3 aromatic rings. The van der Waals surface area contributed by atoms with Crippen LogP contribution in [0.1, 0.15) is 50.5 Å². The van der Waals surface area contributed by atoms with Crippen molar-refractivity contribution in [2.24, 2.45) is 0 Å². The first-order valence-electron chi connectivity index (χ1n) is 10.9. The number of nitrogens with one attached hydrogen (secondary N) is 1. The minimum Gasteiger partial charge on any atom is -0.349 e. The molecule has 1 saturated heterocycles. The van der Waals surface area contributed by atoms with Crippen LogP contribution >= 0.6 is 11.6 Å². The van der Waals surface area contributed by atoms with Gasteiger partial charge in [-0.05, 0) is 70.0 Å². The van der Waals surface area contributed by atoms with Crippen LogP contribution in [0.2, 0.25) is 5.02 Å². The van der Waals surface area contributed by atoms with Gasteiger partial charge in [0.05, 0.1) is 5.56 Å². The molecule has 0 unspecified atom stereocenters. The molecule has 0 radical (unpaired) electrons. The first kappa shape index (κ1) is 22.2. The molecular formula is C26H28ClN3O2. The Balaban J connectivity index is 1.40. The minimum absolute atomic E-state index is 0.0544. The predicted molar refractivity (Wildman–Crippen MR) is 128 cm³/mol. The second-order valence-corrected chi connectivity index (χ2v) is 8.94. The van der Waals surface area contributed by atoms with Crippen LogP contribution in [0.15, 0.2) is 54.6 Å². The van der Waals surface area contributed by atoms with Crippen LogP contribution in [-0.4, -0.2) is 40.4 Å². The van der Waals surface area contributed by atoms with Gasteiger partial charge in [-0.2, -0.15) is 0 Å². The van der Waals surface area contributed by atoms with Crippen molar-refractivity contribution in [3.8, 4) is 5.69 Å². The van der Waals surface area contributed by atoms with E-state index in [1.165, 1.54) is 0 Å². The van der Waals surface area contributed by atoms with Crippen LogP contribution in [0.25, 0.3) is 5.69 Å². The number of aryl methyl sites for hydroxylation is 2. The number of carbonyl (C=O) groups excluding carboxylic acids is 2. The van der Waals surface area contributed by atoms with Crippen molar-refractivity contribution in [3.05, 3.63) is 87.7 Å². The summed E-state index contributed by atoms with van der Waals surface area (Å²) in [6, 6.07) is 17.3. The van der Waals surface area contributed by atoms with E-state index in [9.17, 15) is 9.59 Å². The van der Waals surface area contributed by atoms with Gasteiger partial charge in [0.15, 0.2) is 0 Å². The van der Waals surface area contributed by atoms with E-state index < -0.39 is 0 Å². The summed E-state index contributed by atoms with van der Waals surface area (Å²) in [7, 11) is 0. The largest absolute Gasteiger partial charge is 0.349 e. The highest BCUT2D eigenvalue weighted by atomic mass is 35.5. The van der Waals surface area contributed by atoms with Gasteiger partial charge < -0.3 is 14.8 Å². The Morgan fingerprint density at radius 3 is 2.31 bits per heavy atom. The Bertz CT molecular complexity index is 1140. The lowest BCUT2D eigenvalue weighted by molar-refractivity contribution is 0.0698. The second-order valence-electron chi connectivity index (χ2n) is 8.51. The van der Waals surface area contributed by atoms with Gasteiger partial charge in [-0.15, -0.1) is 0 Å². The Kier molecular flexibility index (Phi) is 6.38. The van der Waals surface area contributed by atoms with Crippen molar-refractivity contribution in [2.45, 2.75) is 39.7 Å². The molecule has 1 aromatic heterocycles. The van der Waals surface area contributed by atoms with Crippen molar-refractivity contribution in [2.75, 3.05) is 13.1 Å². The average Bonchev–Trinajstić information content (AvgIpc) is 3.08. The highest BCUT2D eigenvalue weighted by Gasteiger charge is 2.26. The molecule has 4 rings (SSSR count). The highest BCUT2D eigenvalue weighted by Crippen LogP contribution is 2.23. The summed E-state index contributed by atoms with van der Waals surface area (Å²) in [5.74, 6) is -0.0190. The molecule has 0 atom stereocenters. The zero-order valence-corrected chi connectivity index (χ0v) is 19.4. The fourth-order valence-electron chi connectivity index (χ4n) is 4.37. The number of nitrogens with zero attached hydrogens (tertiary/aromatic N) is 2. The van der Waals surface area contributed by atoms with E-state index in [0.29, 0.717) is 29.2 Å². The fraction of sp³-hybridized carbons (Fsp3) is 0.308. The van der Waals surface area contributed by atoms with Crippen molar-refractivity contribution in [1.82, 2.24) is 14.8 Å². The smallest absolute Gasteiger partial charge is 0.253 e. The average molecular weight is 450 g/mol. The molecule has 0 aliphatic carbocycles. The van der Waals surface area contributed by atoms with E-state index in [1.54, 1.807) is 0 Å². The van der Waals surface area contributed by atoms with E-state index >= 15 is 0 Å². The third-order valence-corrected chi connectivity index (χ3v) is 6.39. The topological polar surface area (TPSA) is 54.3 Å². The maximum Gasteiger partial charge on any atom is 0.253 e. The number of halogens is 1. The molecule has 0 bridgehead atoms. The first-order valence-corrected chi connectivity index (χ1v) is 11.3. The van der Waals surface area contributed by atoms with Crippen LogP contribution in [0, 0.1) is 20.8 Å². The molecule has 5 nitrogen and oxygen atoms in total. The molecule has 0 spiro atoms. The summed E-state index contributed by atoms with van der Waals surface area (Å²) in [5, 5.41) is 3.83. The predicted octanol–water partition coefficient (Wildman–Crippen LogP) is 5.09. The van der Waals surface area contributed by atoms with E-state index in [1.807, 2.05) is 84.8 Å². The van der Waals surface area contributed by atoms with E-state index in [-0.39, 0.29) is 17.9 Å². The van der Waals surface area contributed by atoms with Gasteiger partial charge in [-0.1, -0.05) is 35.4 Å². The third kappa shape index (κ3) is 4.58. The van der Waals surface area contributed by atoms with Crippen LogP contribution in [0.4, 0.5) is 0 Å². The van der Waals surface area contributed by atoms with Gasteiger partial charge in [-0.3, -0.25) is 9.59 Å². The van der Waals surface area contributed by atoms with Crippen LogP contribution in [-0.2, 0) is 0 Å². The van der Waals surface area contributed by atoms with Gasteiger partial charge in [0, 0.05) is 46.8 Å². The SMILES string of the molecule is Cc1ccc(C(=O)N2CCC(NC(=O)c3cc(C)n(-c4cccc(Cl)c4)c3C)CC2)cc1. The number of carbonyl (C=O) groups is 2. The van der Waals surface area contributed by atoms with Crippen molar-refractivity contribution in [1.29, 1.82) is 0 Å². The van der Waals surface area contributed by atoms with Gasteiger partial charge >= 0.3 is 0 Å². The minimum atomic E-state index is -0.0744. The first-order chi connectivity index (χ1) is 15.3. The van der Waals surface area contributed by atoms with Gasteiger partial charge in [-0.25, -0.2) is 0 Å². The van der Waals surface area contributed by atoms with Crippen LogP contribution in [0.5, 0.6) is 0 Å². The zero-order valence-electron chi connectivity index (χ0n) is 18.7. The number of rotatable bonds is 4. The lowest BCUT2D eigenvalue weighted by Gasteiger charge is -2.32. The summed E-state index contributed by atoms with van der Waals surface area (Å²) < 4.78 is 2.05. The molecule has 2 aromatic carbocycles. The molecule has 1 aliphatic heterocycles. The van der Waals surface area contributed by atoms with E-state index in [0.717, 1.165) is 35.5 Å². The second kappa shape index (κ2) is 9.21. The lowest BCUT2D eigenvalue weighted by atomic mass is 10.0. The number of aromatic nitrogens is 1. The number of hydrogen-bond acceptors (Lipinski definition) is 2. The molecule has 1 fully saturated rings. The highest BCUT2D eigenvalue weighted by molar-refractivity contribution is 6.30.